The number of hydrogen-bond donors (Lipinski definition) is 1. The molecule has 0 radical (unpaired) electrons. The van der Waals surface area contributed by atoms with E-state index in [4.69, 9.17) is 4.74 Å². The smallest absolute Gasteiger partial charge is 0.305 e. The van der Waals surface area contributed by atoms with E-state index >= 15 is 0 Å². The van der Waals surface area contributed by atoms with Crippen LogP contribution in [0.4, 0.5) is 0 Å². The highest BCUT2D eigenvalue weighted by molar-refractivity contribution is 5.69. The number of rotatable bonds is 26. The van der Waals surface area contributed by atoms with Gasteiger partial charge in [-0.1, -0.05) is 90.0 Å². The molecule has 4 nitrogen and oxygen atoms in total. The van der Waals surface area contributed by atoms with Crippen molar-refractivity contribution in [1.82, 2.24) is 4.90 Å². The summed E-state index contributed by atoms with van der Waals surface area (Å²) in [6, 6.07) is 0. The highest BCUT2D eigenvalue weighted by Crippen LogP contribution is 2.10. The van der Waals surface area contributed by atoms with Crippen molar-refractivity contribution in [2.75, 3.05) is 32.8 Å². The monoisotopic (exact) mass is 453 g/mol. The van der Waals surface area contributed by atoms with Gasteiger partial charge in [-0.3, -0.25) is 4.79 Å². The van der Waals surface area contributed by atoms with Gasteiger partial charge in [0, 0.05) is 13.0 Å². The summed E-state index contributed by atoms with van der Waals surface area (Å²) in [7, 11) is 0. The third-order valence-electron chi connectivity index (χ3n) is 6.17. The van der Waals surface area contributed by atoms with Crippen LogP contribution in [0, 0.1) is 0 Å². The Hall–Kier alpha value is -0.870. The lowest BCUT2D eigenvalue weighted by molar-refractivity contribution is -0.143. The number of ether oxygens (including phenoxy) is 1. The number of aliphatic hydroxyl groups is 1. The average Bonchev–Trinajstić information content (AvgIpc) is 2.79. The lowest BCUT2D eigenvalue weighted by Gasteiger charge is -2.21. The Bertz CT molecular complexity index is 400. The molecular weight excluding hydrogens is 398 g/mol. The molecule has 0 aromatic rings. The lowest BCUT2D eigenvalue weighted by atomic mass is 10.1. The Balaban J connectivity index is 3.48. The van der Waals surface area contributed by atoms with Gasteiger partial charge in [-0.25, -0.2) is 0 Å². The molecular formula is C28H55NO3. The van der Waals surface area contributed by atoms with Crippen LogP contribution in [0.2, 0.25) is 0 Å². The first-order chi connectivity index (χ1) is 15.7. The zero-order chi connectivity index (χ0) is 23.5. The Morgan fingerprint density at radius 2 is 1.28 bits per heavy atom. The topological polar surface area (TPSA) is 49.8 Å². The fraction of sp³-hybridized carbons (Fsp3) is 0.893. The van der Waals surface area contributed by atoms with Crippen LogP contribution >= 0.6 is 0 Å². The number of nitrogens with zero attached hydrogens (tertiary/aromatic N) is 1. The van der Waals surface area contributed by atoms with Gasteiger partial charge in [-0.2, -0.15) is 0 Å². The molecule has 4 heteroatoms. The van der Waals surface area contributed by atoms with Gasteiger partial charge in [0.05, 0.1) is 13.2 Å². The van der Waals surface area contributed by atoms with Crippen molar-refractivity contribution in [3.05, 3.63) is 12.7 Å². The molecule has 0 aliphatic heterocycles. The van der Waals surface area contributed by atoms with E-state index in [1.807, 2.05) is 6.08 Å². The lowest BCUT2D eigenvalue weighted by Crippen LogP contribution is -2.29. The molecule has 0 unspecified atom stereocenters. The van der Waals surface area contributed by atoms with Gasteiger partial charge in [-0.15, -0.1) is 6.58 Å². The van der Waals surface area contributed by atoms with Gasteiger partial charge in [-0.05, 0) is 51.6 Å². The van der Waals surface area contributed by atoms with Crippen molar-refractivity contribution in [1.29, 1.82) is 0 Å². The maximum atomic E-state index is 11.8. The number of carbonyl (C=O) groups excluding carboxylic acids is 1. The predicted molar refractivity (Wildman–Crippen MR) is 138 cm³/mol. The van der Waals surface area contributed by atoms with Crippen LogP contribution in [0.15, 0.2) is 12.7 Å². The van der Waals surface area contributed by atoms with E-state index in [1.165, 1.54) is 89.9 Å². The summed E-state index contributed by atoms with van der Waals surface area (Å²) in [5.41, 5.74) is 0. The Morgan fingerprint density at radius 3 is 1.88 bits per heavy atom. The summed E-state index contributed by atoms with van der Waals surface area (Å²) in [5.74, 6) is -0.0189. The molecule has 32 heavy (non-hydrogen) atoms. The quantitative estimate of drug-likeness (QED) is 0.0839. The summed E-state index contributed by atoms with van der Waals surface area (Å²) >= 11 is 0. The van der Waals surface area contributed by atoms with E-state index in [0.717, 1.165) is 45.3 Å². The zero-order valence-electron chi connectivity index (χ0n) is 21.5. The van der Waals surface area contributed by atoms with Gasteiger partial charge in [0.2, 0.25) is 0 Å². The molecule has 0 atom stereocenters. The first kappa shape index (κ1) is 31.1. The molecule has 0 aliphatic carbocycles. The molecule has 0 spiro atoms. The van der Waals surface area contributed by atoms with Gasteiger partial charge in [0.15, 0.2) is 0 Å². The second-order valence-corrected chi connectivity index (χ2v) is 9.27. The fourth-order valence-electron chi connectivity index (χ4n) is 4.08. The highest BCUT2D eigenvalue weighted by atomic mass is 16.5. The molecule has 0 amide bonds. The molecule has 0 aliphatic rings. The van der Waals surface area contributed by atoms with Crippen LogP contribution in [0.3, 0.4) is 0 Å². The number of allylic oxidation sites excluding steroid dienone is 1. The minimum absolute atomic E-state index is 0.0189. The van der Waals surface area contributed by atoms with Crippen molar-refractivity contribution in [3.8, 4) is 0 Å². The SMILES string of the molecule is C=CCCCCCCCN(CCO)CCCCCCCC(=O)OCCCCCCCCC. The molecule has 0 heterocycles. The number of hydrogen-bond acceptors (Lipinski definition) is 4. The standard InChI is InChI=1S/C28H55NO3/c1-3-5-7-9-11-15-19-23-29(25-26-30)24-20-16-13-14-18-22-28(31)32-27-21-17-12-10-8-6-4-2/h3,30H,1,4-27H2,2H3. The third kappa shape index (κ3) is 23.8. The average molecular weight is 454 g/mol. The molecule has 0 saturated heterocycles. The van der Waals surface area contributed by atoms with E-state index < -0.39 is 0 Å². The van der Waals surface area contributed by atoms with Gasteiger partial charge < -0.3 is 14.7 Å². The van der Waals surface area contributed by atoms with E-state index in [0.29, 0.717) is 13.0 Å². The summed E-state index contributed by atoms with van der Waals surface area (Å²) < 4.78 is 5.36. The maximum absolute atomic E-state index is 11.8. The summed E-state index contributed by atoms with van der Waals surface area (Å²) in [4.78, 5) is 14.2. The molecule has 190 valence electrons. The summed E-state index contributed by atoms with van der Waals surface area (Å²) in [5, 5.41) is 9.30. The van der Waals surface area contributed by atoms with E-state index in [-0.39, 0.29) is 12.6 Å². The van der Waals surface area contributed by atoms with Crippen LogP contribution in [0.25, 0.3) is 0 Å². The van der Waals surface area contributed by atoms with Crippen molar-refractivity contribution in [2.24, 2.45) is 0 Å². The Morgan fingerprint density at radius 1 is 0.750 bits per heavy atom. The number of unbranched alkanes of at least 4 members (excludes halogenated alkanes) is 15. The van der Waals surface area contributed by atoms with Gasteiger partial charge in [0.1, 0.15) is 0 Å². The van der Waals surface area contributed by atoms with E-state index in [1.54, 1.807) is 0 Å². The number of aliphatic hydroxyl groups excluding tert-OH is 1. The van der Waals surface area contributed by atoms with Crippen molar-refractivity contribution >= 4 is 5.97 Å². The maximum Gasteiger partial charge on any atom is 0.305 e. The van der Waals surface area contributed by atoms with E-state index in [9.17, 15) is 9.90 Å². The normalized spacial score (nSPS) is 11.2. The Kier molecular flexibility index (Phi) is 25.7. The first-order valence-electron chi connectivity index (χ1n) is 13.8. The molecule has 0 aromatic carbocycles. The van der Waals surface area contributed by atoms with Crippen LogP contribution in [-0.2, 0) is 9.53 Å². The second-order valence-electron chi connectivity index (χ2n) is 9.27. The fourth-order valence-corrected chi connectivity index (χ4v) is 4.08. The molecule has 0 saturated carbocycles. The van der Waals surface area contributed by atoms with E-state index in [2.05, 4.69) is 18.4 Å². The number of esters is 1. The Labute approximate surface area is 200 Å². The minimum atomic E-state index is -0.0189. The largest absolute Gasteiger partial charge is 0.466 e. The molecule has 0 aromatic heterocycles. The summed E-state index contributed by atoms with van der Waals surface area (Å²) in [6.07, 6.45) is 24.5. The van der Waals surface area contributed by atoms with Crippen molar-refractivity contribution in [2.45, 2.75) is 129 Å². The third-order valence-corrected chi connectivity index (χ3v) is 6.17. The minimum Gasteiger partial charge on any atom is -0.466 e. The zero-order valence-corrected chi connectivity index (χ0v) is 21.5. The van der Waals surface area contributed by atoms with Crippen LogP contribution in [0.5, 0.6) is 0 Å². The van der Waals surface area contributed by atoms with Crippen LogP contribution in [0.1, 0.15) is 129 Å². The second kappa shape index (κ2) is 26.4. The van der Waals surface area contributed by atoms with Gasteiger partial charge >= 0.3 is 5.97 Å². The molecule has 1 N–H and O–H groups in total. The highest BCUT2D eigenvalue weighted by Gasteiger charge is 2.05. The van der Waals surface area contributed by atoms with Gasteiger partial charge in [0.25, 0.3) is 0 Å². The molecule has 0 bridgehead atoms. The van der Waals surface area contributed by atoms with Crippen molar-refractivity contribution < 1.29 is 14.6 Å². The van der Waals surface area contributed by atoms with Crippen molar-refractivity contribution in [3.63, 3.8) is 0 Å². The number of carbonyl (C=O) groups is 1. The first-order valence-corrected chi connectivity index (χ1v) is 13.8. The predicted octanol–water partition coefficient (Wildman–Crippen LogP) is 7.44. The van der Waals surface area contributed by atoms with Crippen LogP contribution < -0.4 is 0 Å². The van der Waals surface area contributed by atoms with Crippen LogP contribution in [-0.4, -0.2) is 48.8 Å². The molecule has 0 rings (SSSR count). The molecule has 0 fully saturated rings. The summed E-state index contributed by atoms with van der Waals surface area (Å²) in [6.45, 7) is 9.84.